The maximum absolute atomic E-state index is 11.1. The van der Waals surface area contributed by atoms with Crippen LogP contribution in [-0.4, -0.2) is 36.1 Å². The van der Waals surface area contributed by atoms with Gasteiger partial charge in [-0.15, -0.1) is 0 Å². The van der Waals surface area contributed by atoms with Crippen LogP contribution >= 0.6 is 0 Å². The molecule has 5 nitrogen and oxygen atoms in total. The number of ether oxygens (including phenoxy) is 2. The molecule has 1 aliphatic carbocycles. The van der Waals surface area contributed by atoms with E-state index in [1.54, 1.807) is 12.1 Å². The summed E-state index contributed by atoms with van der Waals surface area (Å²) in [6.45, 7) is 3.37. The first-order valence-corrected chi connectivity index (χ1v) is 7.46. The van der Waals surface area contributed by atoms with Crippen molar-refractivity contribution in [1.82, 2.24) is 0 Å². The second-order valence-corrected chi connectivity index (χ2v) is 5.86. The van der Waals surface area contributed by atoms with Gasteiger partial charge in [0.25, 0.3) is 0 Å². The Morgan fingerprint density at radius 1 is 1.29 bits per heavy atom. The zero-order chi connectivity index (χ0) is 14.9. The zero-order valence-corrected chi connectivity index (χ0v) is 12.2. The standard InChI is InChI=1S/C16H21NO4/c1-11-2-3-12(15(18)19)10-14(11)17-13-4-6-16(7-5-13)20-8-9-21-16/h2-3,10,13,17H,4-9H2,1H3,(H,18,19). The number of carboxylic acid groups (broad SMARTS) is 1. The summed E-state index contributed by atoms with van der Waals surface area (Å²) >= 11 is 0. The topological polar surface area (TPSA) is 67.8 Å². The van der Waals surface area contributed by atoms with E-state index in [1.165, 1.54) is 0 Å². The van der Waals surface area contributed by atoms with Gasteiger partial charge in [0.1, 0.15) is 0 Å². The SMILES string of the molecule is Cc1ccc(C(=O)O)cc1NC1CCC2(CC1)OCCO2. The lowest BCUT2D eigenvalue weighted by Crippen LogP contribution is -2.39. The summed E-state index contributed by atoms with van der Waals surface area (Å²) in [6.07, 6.45) is 3.72. The molecule has 0 amide bonds. The lowest BCUT2D eigenvalue weighted by Gasteiger charge is -2.36. The minimum Gasteiger partial charge on any atom is -0.478 e. The summed E-state index contributed by atoms with van der Waals surface area (Å²) in [6, 6.07) is 5.54. The number of aromatic carboxylic acids is 1. The van der Waals surface area contributed by atoms with Gasteiger partial charge in [0, 0.05) is 24.6 Å². The monoisotopic (exact) mass is 291 g/mol. The van der Waals surface area contributed by atoms with Crippen molar-refractivity contribution in [1.29, 1.82) is 0 Å². The molecule has 1 saturated heterocycles. The van der Waals surface area contributed by atoms with Crippen LogP contribution in [0.25, 0.3) is 0 Å². The molecule has 0 bridgehead atoms. The number of anilines is 1. The van der Waals surface area contributed by atoms with Crippen molar-refractivity contribution in [2.45, 2.75) is 44.4 Å². The predicted molar refractivity (Wildman–Crippen MR) is 78.7 cm³/mol. The van der Waals surface area contributed by atoms with Crippen LogP contribution < -0.4 is 5.32 Å². The van der Waals surface area contributed by atoms with Crippen LogP contribution in [0.2, 0.25) is 0 Å². The summed E-state index contributed by atoms with van der Waals surface area (Å²) in [7, 11) is 0. The predicted octanol–water partition coefficient (Wildman–Crippen LogP) is 2.79. The highest BCUT2D eigenvalue weighted by Gasteiger charge is 2.40. The van der Waals surface area contributed by atoms with Crippen LogP contribution in [0.5, 0.6) is 0 Å². The molecule has 1 aromatic carbocycles. The highest BCUT2D eigenvalue weighted by molar-refractivity contribution is 5.89. The van der Waals surface area contributed by atoms with Gasteiger partial charge in [0.15, 0.2) is 5.79 Å². The minimum absolute atomic E-state index is 0.317. The van der Waals surface area contributed by atoms with E-state index in [-0.39, 0.29) is 5.79 Å². The fourth-order valence-electron chi connectivity index (χ4n) is 3.12. The maximum atomic E-state index is 11.1. The molecule has 3 rings (SSSR count). The van der Waals surface area contributed by atoms with Crippen LogP contribution in [0.15, 0.2) is 18.2 Å². The molecule has 2 N–H and O–H groups in total. The second kappa shape index (κ2) is 5.66. The number of aryl methyl sites for hydroxylation is 1. The first-order valence-electron chi connectivity index (χ1n) is 7.46. The van der Waals surface area contributed by atoms with Gasteiger partial charge in [-0.25, -0.2) is 4.79 Å². The van der Waals surface area contributed by atoms with Gasteiger partial charge >= 0.3 is 5.97 Å². The number of benzene rings is 1. The smallest absolute Gasteiger partial charge is 0.335 e. The Morgan fingerprint density at radius 3 is 2.57 bits per heavy atom. The van der Waals surface area contributed by atoms with Gasteiger partial charge < -0.3 is 19.9 Å². The third kappa shape index (κ3) is 3.04. The largest absolute Gasteiger partial charge is 0.478 e. The van der Waals surface area contributed by atoms with Crippen LogP contribution in [0, 0.1) is 6.92 Å². The lowest BCUT2D eigenvalue weighted by atomic mass is 9.89. The Hall–Kier alpha value is -1.59. The molecule has 2 aliphatic rings. The molecule has 2 fully saturated rings. The van der Waals surface area contributed by atoms with Gasteiger partial charge in [0.2, 0.25) is 0 Å². The molecule has 114 valence electrons. The first-order chi connectivity index (χ1) is 10.1. The second-order valence-electron chi connectivity index (χ2n) is 5.86. The molecule has 0 atom stereocenters. The molecule has 1 saturated carbocycles. The van der Waals surface area contributed by atoms with E-state index in [2.05, 4.69) is 5.32 Å². The molecule has 1 heterocycles. The van der Waals surface area contributed by atoms with Crippen LogP contribution in [0.1, 0.15) is 41.6 Å². The summed E-state index contributed by atoms with van der Waals surface area (Å²) in [5.41, 5.74) is 2.29. The number of rotatable bonds is 3. The van der Waals surface area contributed by atoms with Gasteiger partial charge in [-0.05, 0) is 37.5 Å². The summed E-state index contributed by atoms with van der Waals surface area (Å²) in [4.78, 5) is 11.1. The third-order valence-electron chi connectivity index (χ3n) is 4.41. The highest BCUT2D eigenvalue weighted by atomic mass is 16.7. The molecule has 0 radical (unpaired) electrons. The Labute approximate surface area is 124 Å². The van der Waals surface area contributed by atoms with Crippen molar-refractivity contribution in [3.63, 3.8) is 0 Å². The number of hydrogen-bond acceptors (Lipinski definition) is 4. The summed E-state index contributed by atoms with van der Waals surface area (Å²) in [5.74, 6) is -1.25. The van der Waals surface area contributed by atoms with Crippen LogP contribution in [0.3, 0.4) is 0 Å². The summed E-state index contributed by atoms with van der Waals surface area (Å²) in [5, 5.41) is 12.6. The lowest BCUT2D eigenvalue weighted by molar-refractivity contribution is -0.177. The van der Waals surface area contributed by atoms with Crippen molar-refractivity contribution < 1.29 is 19.4 Å². The van der Waals surface area contributed by atoms with Gasteiger partial charge in [-0.3, -0.25) is 0 Å². The van der Waals surface area contributed by atoms with Crippen molar-refractivity contribution in [2.75, 3.05) is 18.5 Å². The highest BCUT2D eigenvalue weighted by Crippen LogP contribution is 2.36. The Kier molecular flexibility index (Phi) is 3.87. The van der Waals surface area contributed by atoms with E-state index in [4.69, 9.17) is 14.6 Å². The number of hydrogen-bond donors (Lipinski definition) is 2. The van der Waals surface area contributed by atoms with E-state index in [0.29, 0.717) is 24.8 Å². The summed E-state index contributed by atoms with van der Waals surface area (Å²) < 4.78 is 11.5. The van der Waals surface area contributed by atoms with Crippen molar-refractivity contribution >= 4 is 11.7 Å². The molecule has 0 aromatic heterocycles. The molecule has 1 aliphatic heterocycles. The Bertz CT molecular complexity index is 527. The Balaban J connectivity index is 1.65. The van der Waals surface area contributed by atoms with Gasteiger partial charge in [-0.2, -0.15) is 0 Å². The van der Waals surface area contributed by atoms with Crippen molar-refractivity contribution in [3.05, 3.63) is 29.3 Å². The Morgan fingerprint density at radius 2 is 1.95 bits per heavy atom. The van der Waals surface area contributed by atoms with Crippen molar-refractivity contribution in [2.24, 2.45) is 0 Å². The van der Waals surface area contributed by atoms with E-state index in [1.807, 2.05) is 13.0 Å². The average molecular weight is 291 g/mol. The fraction of sp³-hybridized carbons (Fsp3) is 0.562. The van der Waals surface area contributed by atoms with E-state index >= 15 is 0 Å². The molecule has 21 heavy (non-hydrogen) atoms. The van der Waals surface area contributed by atoms with E-state index in [9.17, 15) is 4.79 Å². The molecular formula is C16H21NO4. The quantitative estimate of drug-likeness (QED) is 0.896. The first kappa shape index (κ1) is 14.4. The van der Waals surface area contributed by atoms with E-state index < -0.39 is 5.97 Å². The minimum atomic E-state index is -0.895. The van der Waals surface area contributed by atoms with Crippen LogP contribution in [-0.2, 0) is 9.47 Å². The number of carboxylic acids is 1. The molecular weight excluding hydrogens is 270 g/mol. The molecule has 5 heteroatoms. The van der Waals surface area contributed by atoms with Crippen molar-refractivity contribution in [3.8, 4) is 0 Å². The number of carbonyl (C=O) groups is 1. The number of nitrogens with one attached hydrogen (secondary N) is 1. The fourth-order valence-corrected chi connectivity index (χ4v) is 3.12. The van der Waals surface area contributed by atoms with Crippen LogP contribution in [0.4, 0.5) is 5.69 Å². The zero-order valence-electron chi connectivity index (χ0n) is 12.2. The van der Waals surface area contributed by atoms with Gasteiger partial charge in [-0.1, -0.05) is 6.07 Å². The maximum Gasteiger partial charge on any atom is 0.335 e. The third-order valence-corrected chi connectivity index (χ3v) is 4.41. The van der Waals surface area contributed by atoms with Gasteiger partial charge in [0.05, 0.1) is 18.8 Å². The normalized spacial score (nSPS) is 21.6. The van der Waals surface area contributed by atoms with E-state index in [0.717, 1.165) is 36.9 Å². The molecule has 1 spiro atoms. The molecule has 0 unspecified atom stereocenters. The average Bonchev–Trinajstić information content (AvgIpc) is 2.92. The molecule has 1 aromatic rings.